The Morgan fingerprint density at radius 2 is 1.83 bits per heavy atom. The summed E-state index contributed by atoms with van der Waals surface area (Å²) in [5, 5.41) is 2.56. The van der Waals surface area contributed by atoms with E-state index in [1.54, 1.807) is 0 Å². The van der Waals surface area contributed by atoms with Crippen molar-refractivity contribution in [3.05, 3.63) is 42.2 Å². The van der Waals surface area contributed by atoms with Crippen molar-refractivity contribution in [1.82, 2.24) is 9.55 Å². The highest BCUT2D eigenvalue weighted by atomic mass is 15.1. The molecule has 0 saturated carbocycles. The monoisotopic (exact) mass is 238 g/mol. The fourth-order valence-electron chi connectivity index (χ4n) is 2.49. The standard InChI is InChI=1S/C16H18N2/c1-3-4-9-16-17-14-10-12-7-5-6-8-13(12)11-15(14)18(16)2/h5-8,10-11H,3-4,9H2,1-2H3. The maximum absolute atomic E-state index is 4.76. The molecule has 0 amide bonds. The molecular weight excluding hydrogens is 220 g/mol. The van der Waals surface area contributed by atoms with E-state index in [4.69, 9.17) is 4.98 Å². The Bertz CT molecular complexity index is 695. The van der Waals surface area contributed by atoms with Gasteiger partial charge in [0, 0.05) is 13.5 Å². The average molecular weight is 238 g/mol. The van der Waals surface area contributed by atoms with Crippen molar-refractivity contribution in [3.8, 4) is 0 Å². The zero-order valence-corrected chi connectivity index (χ0v) is 11.0. The predicted octanol–water partition coefficient (Wildman–Crippen LogP) is 4.07. The van der Waals surface area contributed by atoms with Crippen LogP contribution in [-0.4, -0.2) is 9.55 Å². The molecule has 0 N–H and O–H groups in total. The van der Waals surface area contributed by atoms with Gasteiger partial charge in [0.2, 0.25) is 0 Å². The number of unbranched alkanes of at least 4 members (excludes halogenated alkanes) is 1. The van der Waals surface area contributed by atoms with Crippen LogP contribution >= 0.6 is 0 Å². The van der Waals surface area contributed by atoms with Gasteiger partial charge < -0.3 is 4.57 Å². The molecule has 1 aromatic heterocycles. The average Bonchev–Trinajstić information content (AvgIpc) is 2.70. The summed E-state index contributed by atoms with van der Waals surface area (Å²) in [5.41, 5.74) is 2.35. The first-order chi connectivity index (χ1) is 8.79. The Labute approximate surface area is 107 Å². The highest BCUT2D eigenvalue weighted by molar-refractivity contribution is 5.95. The van der Waals surface area contributed by atoms with Crippen molar-refractivity contribution in [2.45, 2.75) is 26.2 Å². The summed E-state index contributed by atoms with van der Waals surface area (Å²) < 4.78 is 2.23. The van der Waals surface area contributed by atoms with Gasteiger partial charge in [0.15, 0.2) is 0 Å². The molecule has 0 aliphatic heterocycles. The predicted molar refractivity (Wildman–Crippen MR) is 76.8 cm³/mol. The van der Waals surface area contributed by atoms with E-state index in [0.29, 0.717) is 0 Å². The van der Waals surface area contributed by atoms with Crippen LogP contribution in [0.1, 0.15) is 25.6 Å². The lowest BCUT2D eigenvalue weighted by molar-refractivity contribution is 0.720. The molecule has 0 saturated heterocycles. The lowest BCUT2D eigenvalue weighted by Crippen LogP contribution is -1.97. The summed E-state index contributed by atoms with van der Waals surface area (Å²) >= 11 is 0. The number of hydrogen-bond donors (Lipinski definition) is 0. The first-order valence-electron chi connectivity index (χ1n) is 6.63. The van der Waals surface area contributed by atoms with Crippen LogP contribution in [0, 0.1) is 0 Å². The number of aryl methyl sites for hydroxylation is 2. The summed E-state index contributed by atoms with van der Waals surface area (Å²) in [7, 11) is 2.12. The van der Waals surface area contributed by atoms with E-state index in [2.05, 4.69) is 54.9 Å². The molecule has 92 valence electrons. The molecule has 0 radical (unpaired) electrons. The number of nitrogens with zero attached hydrogens (tertiary/aromatic N) is 2. The van der Waals surface area contributed by atoms with Gasteiger partial charge in [-0.05, 0) is 29.3 Å². The molecule has 3 aromatic rings. The Hall–Kier alpha value is -1.83. The highest BCUT2D eigenvalue weighted by Gasteiger charge is 2.08. The topological polar surface area (TPSA) is 17.8 Å². The minimum atomic E-state index is 1.07. The number of benzene rings is 2. The number of rotatable bonds is 3. The van der Waals surface area contributed by atoms with E-state index >= 15 is 0 Å². The normalized spacial score (nSPS) is 11.4. The first kappa shape index (κ1) is 11.3. The molecule has 0 fully saturated rings. The summed E-state index contributed by atoms with van der Waals surface area (Å²) in [4.78, 5) is 4.76. The van der Waals surface area contributed by atoms with Crippen molar-refractivity contribution in [3.63, 3.8) is 0 Å². The largest absolute Gasteiger partial charge is 0.331 e. The van der Waals surface area contributed by atoms with E-state index < -0.39 is 0 Å². The van der Waals surface area contributed by atoms with Gasteiger partial charge in [-0.1, -0.05) is 37.6 Å². The molecule has 2 heteroatoms. The fourth-order valence-corrected chi connectivity index (χ4v) is 2.49. The van der Waals surface area contributed by atoms with Crippen molar-refractivity contribution >= 4 is 21.8 Å². The number of fused-ring (bicyclic) bond motifs is 2. The fraction of sp³-hybridized carbons (Fsp3) is 0.312. The number of imidazole rings is 1. The van der Waals surface area contributed by atoms with Gasteiger partial charge in [-0.3, -0.25) is 0 Å². The van der Waals surface area contributed by atoms with Crippen LogP contribution in [0.4, 0.5) is 0 Å². The van der Waals surface area contributed by atoms with E-state index in [1.165, 1.54) is 35.0 Å². The number of aromatic nitrogens is 2. The van der Waals surface area contributed by atoms with Crippen LogP contribution in [0.2, 0.25) is 0 Å². The van der Waals surface area contributed by atoms with Crippen LogP contribution in [0.5, 0.6) is 0 Å². The zero-order valence-electron chi connectivity index (χ0n) is 11.0. The van der Waals surface area contributed by atoms with Crippen molar-refractivity contribution in [1.29, 1.82) is 0 Å². The van der Waals surface area contributed by atoms with E-state index in [-0.39, 0.29) is 0 Å². The molecule has 1 heterocycles. The Morgan fingerprint density at radius 1 is 1.11 bits per heavy atom. The third kappa shape index (κ3) is 1.78. The van der Waals surface area contributed by atoms with Crippen LogP contribution < -0.4 is 0 Å². The Balaban J connectivity index is 2.19. The second-order valence-corrected chi connectivity index (χ2v) is 4.88. The molecule has 0 aliphatic carbocycles. The summed E-state index contributed by atoms with van der Waals surface area (Å²) in [6.45, 7) is 2.22. The van der Waals surface area contributed by atoms with Crippen molar-refractivity contribution in [2.24, 2.45) is 7.05 Å². The van der Waals surface area contributed by atoms with Gasteiger partial charge in [-0.2, -0.15) is 0 Å². The van der Waals surface area contributed by atoms with E-state index in [1.807, 2.05) is 0 Å². The molecule has 0 unspecified atom stereocenters. The summed E-state index contributed by atoms with van der Waals surface area (Å²) in [6.07, 6.45) is 3.49. The minimum Gasteiger partial charge on any atom is -0.331 e. The lowest BCUT2D eigenvalue weighted by Gasteiger charge is -2.01. The van der Waals surface area contributed by atoms with Gasteiger partial charge in [0.1, 0.15) is 5.82 Å². The summed E-state index contributed by atoms with van der Waals surface area (Å²) in [5.74, 6) is 1.20. The molecular formula is C16H18N2. The quantitative estimate of drug-likeness (QED) is 0.672. The molecule has 2 aromatic carbocycles. The second kappa shape index (κ2) is 4.45. The molecule has 0 spiro atoms. The second-order valence-electron chi connectivity index (χ2n) is 4.88. The highest BCUT2D eigenvalue weighted by Crippen LogP contribution is 2.23. The molecule has 0 atom stereocenters. The van der Waals surface area contributed by atoms with E-state index in [9.17, 15) is 0 Å². The maximum atomic E-state index is 4.76. The number of hydrogen-bond acceptors (Lipinski definition) is 1. The van der Waals surface area contributed by atoms with Gasteiger partial charge in [0.25, 0.3) is 0 Å². The van der Waals surface area contributed by atoms with Crippen LogP contribution in [0.3, 0.4) is 0 Å². The molecule has 18 heavy (non-hydrogen) atoms. The Kier molecular flexibility index (Phi) is 2.78. The molecule has 0 aliphatic rings. The van der Waals surface area contributed by atoms with Crippen LogP contribution in [0.15, 0.2) is 36.4 Å². The third-order valence-electron chi connectivity index (χ3n) is 3.59. The van der Waals surface area contributed by atoms with Gasteiger partial charge in [-0.25, -0.2) is 4.98 Å². The Morgan fingerprint density at radius 3 is 2.56 bits per heavy atom. The van der Waals surface area contributed by atoms with Gasteiger partial charge in [0.05, 0.1) is 11.0 Å². The molecule has 3 rings (SSSR count). The first-order valence-corrected chi connectivity index (χ1v) is 6.63. The van der Waals surface area contributed by atoms with Crippen molar-refractivity contribution < 1.29 is 0 Å². The minimum absolute atomic E-state index is 1.07. The van der Waals surface area contributed by atoms with Gasteiger partial charge >= 0.3 is 0 Å². The van der Waals surface area contributed by atoms with Crippen LogP contribution in [-0.2, 0) is 13.5 Å². The molecule has 2 nitrogen and oxygen atoms in total. The van der Waals surface area contributed by atoms with E-state index in [0.717, 1.165) is 11.9 Å². The maximum Gasteiger partial charge on any atom is 0.109 e. The lowest BCUT2D eigenvalue weighted by atomic mass is 10.1. The molecule has 0 bridgehead atoms. The smallest absolute Gasteiger partial charge is 0.109 e. The van der Waals surface area contributed by atoms with Crippen LogP contribution in [0.25, 0.3) is 21.8 Å². The summed E-state index contributed by atoms with van der Waals surface area (Å²) in [6, 6.07) is 12.9. The SMILES string of the molecule is CCCCc1nc2cc3ccccc3cc2n1C. The van der Waals surface area contributed by atoms with Crippen molar-refractivity contribution in [2.75, 3.05) is 0 Å². The van der Waals surface area contributed by atoms with Gasteiger partial charge in [-0.15, -0.1) is 0 Å². The third-order valence-corrected chi connectivity index (χ3v) is 3.59. The zero-order chi connectivity index (χ0) is 12.5.